The van der Waals surface area contributed by atoms with Gasteiger partial charge in [-0.05, 0) is 37.3 Å². The van der Waals surface area contributed by atoms with Gasteiger partial charge < -0.3 is 5.73 Å². The Kier molecular flexibility index (Phi) is 2.69. The summed E-state index contributed by atoms with van der Waals surface area (Å²) in [6.45, 7) is 0. The van der Waals surface area contributed by atoms with Crippen molar-refractivity contribution in [1.29, 1.82) is 0 Å². The van der Waals surface area contributed by atoms with Crippen LogP contribution in [0.15, 0.2) is 12.3 Å². The monoisotopic (exact) mass is 230 g/mol. The lowest BCUT2D eigenvalue weighted by Crippen LogP contribution is -2.22. The number of halogens is 2. The maximum atomic E-state index is 6.01. The first-order valence-corrected chi connectivity index (χ1v) is 5.43. The van der Waals surface area contributed by atoms with Crippen LogP contribution in [-0.4, -0.2) is 10.5 Å². The summed E-state index contributed by atoms with van der Waals surface area (Å²) in [5, 5.41) is 1.13. The van der Waals surface area contributed by atoms with E-state index < -0.39 is 0 Å². The van der Waals surface area contributed by atoms with Crippen LogP contribution in [0.3, 0.4) is 0 Å². The Bertz CT molecular complexity index is 348. The van der Waals surface area contributed by atoms with Crippen LogP contribution in [0.25, 0.3) is 0 Å². The molecule has 0 radical (unpaired) electrons. The highest BCUT2D eigenvalue weighted by Gasteiger charge is 2.37. The van der Waals surface area contributed by atoms with E-state index in [0.717, 1.165) is 31.2 Å². The van der Waals surface area contributed by atoms with E-state index in [1.54, 1.807) is 12.3 Å². The Morgan fingerprint density at radius 1 is 1.43 bits per heavy atom. The molecule has 4 heteroatoms. The van der Waals surface area contributed by atoms with Gasteiger partial charge >= 0.3 is 0 Å². The van der Waals surface area contributed by atoms with Crippen LogP contribution in [0, 0.1) is 0 Å². The van der Waals surface area contributed by atoms with Crippen LogP contribution in [0.1, 0.15) is 24.8 Å². The fraction of sp³-hybridized carbons (Fsp3) is 0.500. The third-order valence-electron chi connectivity index (χ3n) is 2.68. The SMILES string of the molecule is NC1(CCc2cnc(Cl)cc2Cl)CC1. The molecular weight excluding hydrogens is 219 g/mol. The average Bonchev–Trinajstić information content (AvgIpc) is 2.83. The summed E-state index contributed by atoms with van der Waals surface area (Å²) < 4.78 is 0. The smallest absolute Gasteiger partial charge is 0.130 e. The Morgan fingerprint density at radius 3 is 2.71 bits per heavy atom. The summed E-state index contributed by atoms with van der Waals surface area (Å²) in [6, 6.07) is 1.68. The largest absolute Gasteiger partial charge is 0.325 e. The van der Waals surface area contributed by atoms with Gasteiger partial charge in [-0.15, -0.1) is 0 Å². The van der Waals surface area contributed by atoms with E-state index >= 15 is 0 Å². The summed E-state index contributed by atoms with van der Waals surface area (Å²) in [7, 11) is 0. The minimum atomic E-state index is 0.0724. The molecule has 0 unspecified atom stereocenters. The molecule has 14 heavy (non-hydrogen) atoms. The molecule has 0 amide bonds. The first-order chi connectivity index (χ1) is 6.59. The van der Waals surface area contributed by atoms with Crippen molar-refractivity contribution in [2.45, 2.75) is 31.2 Å². The highest BCUT2D eigenvalue weighted by atomic mass is 35.5. The van der Waals surface area contributed by atoms with Gasteiger partial charge in [-0.2, -0.15) is 0 Å². The summed E-state index contributed by atoms with van der Waals surface area (Å²) in [5.41, 5.74) is 7.09. The van der Waals surface area contributed by atoms with Crippen LogP contribution in [0.4, 0.5) is 0 Å². The molecule has 0 aliphatic heterocycles. The number of hydrogen-bond acceptors (Lipinski definition) is 2. The molecular formula is C10H12Cl2N2. The predicted molar refractivity (Wildman–Crippen MR) is 58.7 cm³/mol. The minimum absolute atomic E-state index is 0.0724. The third kappa shape index (κ3) is 2.38. The van der Waals surface area contributed by atoms with Crippen LogP contribution in [-0.2, 0) is 6.42 Å². The molecule has 1 heterocycles. The Labute approximate surface area is 93.4 Å². The zero-order chi connectivity index (χ0) is 10.2. The number of nitrogens with two attached hydrogens (primary N) is 1. The molecule has 1 aliphatic rings. The van der Waals surface area contributed by atoms with E-state index in [2.05, 4.69) is 4.98 Å². The minimum Gasteiger partial charge on any atom is -0.325 e. The van der Waals surface area contributed by atoms with Crippen molar-refractivity contribution in [3.63, 3.8) is 0 Å². The molecule has 1 saturated carbocycles. The molecule has 2 N–H and O–H groups in total. The molecule has 2 nitrogen and oxygen atoms in total. The van der Waals surface area contributed by atoms with Gasteiger partial charge in [-0.3, -0.25) is 0 Å². The summed E-state index contributed by atoms with van der Waals surface area (Å²) in [6.07, 6.45) is 5.86. The van der Waals surface area contributed by atoms with Crippen molar-refractivity contribution in [1.82, 2.24) is 4.98 Å². The second-order valence-corrected chi connectivity index (χ2v) is 4.76. The molecule has 0 spiro atoms. The second kappa shape index (κ2) is 3.69. The lowest BCUT2D eigenvalue weighted by Gasteiger charge is -2.08. The average molecular weight is 231 g/mol. The van der Waals surface area contributed by atoms with Crippen LogP contribution < -0.4 is 5.73 Å². The molecule has 0 atom stereocenters. The molecule has 1 aromatic heterocycles. The maximum Gasteiger partial charge on any atom is 0.130 e. The number of rotatable bonds is 3. The first-order valence-electron chi connectivity index (χ1n) is 4.68. The van der Waals surface area contributed by atoms with E-state index in [1.807, 2.05) is 0 Å². The Morgan fingerprint density at radius 2 is 2.14 bits per heavy atom. The van der Waals surface area contributed by atoms with Gasteiger partial charge in [-0.25, -0.2) is 4.98 Å². The van der Waals surface area contributed by atoms with Crippen molar-refractivity contribution in [2.75, 3.05) is 0 Å². The molecule has 0 saturated heterocycles. The number of pyridine rings is 1. The molecule has 1 aliphatic carbocycles. The van der Waals surface area contributed by atoms with Crippen LogP contribution in [0.2, 0.25) is 10.2 Å². The summed E-state index contributed by atoms with van der Waals surface area (Å²) in [5.74, 6) is 0. The highest BCUT2D eigenvalue weighted by Crippen LogP contribution is 2.37. The van der Waals surface area contributed by atoms with Gasteiger partial charge in [0.15, 0.2) is 0 Å². The number of aromatic nitrogens is 1. The van der Waals surface area contributed by atoms with E-state index in [1.165, 1.54) is 0 Å². The van der Waals surface area contributed by atoms with Crippen LogP contribution >= 0.6 is 23.2 Å². The number of aryl methyl sites for hydroxylation is 1. The molecule has 0 bridgehead atoms. The topological polar surface area (TPSA) is 38.9 Å². The molecule has 1 aromatic rings. The second-order valence-electron chi connectivity index (χ2n) is 3.96. The summed E-state index contributed by atoms with van der Waals surface area (Å²) >= 11 is 11.7. The number of hydrogen-bond donors (Lipinski definition) is 1. The van der Waals surface area contributed by atoms with E-state index in [-0.39, 0.29) is 5.54 Å². The van der Waals surface area contributed by atoms with Crippen molar-refractivity contribution >= 4 is 23.2 Å². The molecule has 1 fully saturated rings. The Balaban J connectivity index is 2.02. The van der Waals surface area contributed by atoms with Crippen molar-refractivity contribution in [2.24, 2.45) is 5.73 Å². The quantitative estimate of drug-likeness (QED) is 0.812. The van der Waals surface area contributed by atoms with Crippen molar-refractivity contribution in [3.05, 3.63) is 28.0 Å². The van der Waals surface area contributed by atoms with E-state index in [4.69, 9.17) is 28.9 Å². The molecule has 2 rings (SSSR count). The van der Waals surface area contributed by atoms with Gasteiger partial charge in [0, 0.05) is 16.8 Å². The van der Waals surface area contributed by atoms with Gasteiger partial charge in [-0.1, -0.05) is 23.2 Å². The lowest BCUT2D eigenvalue weighted by atomic mass is 10.1. The zero-order valence-corrected chi connectivity index (χ0v) is 9.28. The highest BCUT2D eigenvalue weighted by molar-refractivity contribution is 6.34. The van der Waals surface area contributed by atoms with Gasteiger partial charge in [0.05, 0.1) is 0 Å². The van der Waals surface area contributed by atoms with Gasteiger partial charge in [0.25, 0.3) is 0 Å². The van der Waals surface area contributed by atoms with E-state index in [0.29, 0.717) is 10.2 Å². The third-order valence-corrected chi connectivity index (χ3v) is 3.24. The van der Waals surface area contributed by atoms with Crippen molar-refractivity contribution in [3.8, 4) is 0 Å². The lowest BCUT2D eigenvalue weighted by molar-refractivity contribution is 0.608. The Hall–Kier alpha value is -0.310. The van der Waals surface area contributed by atoms with Crippen molar-refractivity contribution < 1.29 is 0 Å². The molecule has 76 valence electrons. The zero-order valence-electron chi connectivity index (χ0n) is 7.76. The predicted octanol–water partition coefficient (Wildman–Crippen LogP) is 2.81. The molecule has 0 aromatic carbocycles. The van der Waals surface area contributed by atoms with Crippen LogP contribution in [0.5, 0.6) is 0 Å². The maximum absolute atomic E-state index is 6.01. The normalized spacial score (nSPS) is 18.2. The van der Waals surface area contributed by atoms with Gasteiger partial charge in [0.1, 0.15) is 5.15 Å². The first kappa shape index (κ1) is 10.2. The summed E-state index contributed by atoms with van der Waals surface area (Å²) in [4.78, 5) is 4.00. The van der Waals surface area contributed by atoms with E-state index in [9.17, 15) is 0 Å². The standard InChI is InChI=1S/C10H12Cl2N2/c11-8-5-9(12)14-6-7(8)1-2-10(13)3-4-10/h5-6H,1-4,13H2. The fourth-order valence-corrected chi connectivity index (χ4v) is 1.87. The van der Waals surface area contributed by atoms with Gasteiger partial charge in [0.2, 0.25) is 0 Å². The number of nitrogens with zero attached hydrogens (tertiary/aromatic N) is 1. The fourth-order valence-electron chi connectivity index (χ4n) is 1.41.